The molecule has 1 aromatic carbocycles. The molecule has 1 aromatic heterocycles. The summed E-state index contributed by atoms with van der Waals surface area (Å²) in [6, 6.07) is 3.65. The van der Waals surface area contributed by atoms with Gasteiger partial charge in [0.1, 0.15) is 5.82 Å². The van der Waals surface area contributed by atoms with E-state index >= 15 is 0 Å². The van der Waals surface area contributed by atoms with Crippen LogP contribution in [0.15, 0.2) is 32.4 Å². The van der Waals surface area contributed by atoms with Crippen LogP contribution in [0.4, 0.5) is 10.1 Å². The summed E-state index contributed by atoms with van der Waals surface area (Å²) in [5.74, 6) is -2.10. The number of carbonyl (C=O) groups is 1. The maximum atomic E-state index is 13.3. The Morgan fingerprint density at radius 1 is 1.45 bits per heavy atom. The summed E-state index contributed by atoms with van der Waals surface area (Å²) in [6.07, 6.45) is 0. The molecule has 0 bridgehead atoms. The molecule has 0 aliphatic heterocycles. The number of benzene rings is 1. The summed E-state index contributed by atoms with van der Waals surface area (Å²) in [5.41, 5.74) is 0.524. The van der Waals surface area contributed by atoms with E-state index in [2.05, 4.69) is 25.6 Å². The highest BCUT2D eigenvalue weighted by molar-refractivity contribution is 9.10. The highest BCUT2D eigenvalue weighted by atomic mass is 79.9. The second-order valence-corrected chi connectivity index (χ2v) is 7.11. The van der Waals surface area contributed by atoms with Crippen molar-refractivity contribution in [2.24, 2.45) is 0 Å². The van der Waals surface area contributed by atoms with E-state index in [0.29, 0.717) is 11.3 Å². The molecule has 0 saturated carbocycles. The highest BCUT2D eigenvalue weighted by Gasteiger charge is 2.25. The smallest absolute Gasteiger partial charge is 0.356 e. The second kappa shape index (κ2) is 5.46. The molecule has 0 unspecified atom stereocenters. The molecule has 2 aromatic rings. The molecule has 0 radical (unpaired) electrons. The van der Waals surface area contributed by atoms with Crippen LogP contribution in [-0.2, 0) is 10.0 Å². The van der Waals surface area contributed by atoms with E-state index in [1.54, 1.807) is 0 Å². The first-order chi connectivity index (χ1) is 9.31. The van der Waals surface area contributed by atoms with E-state index in [1.807, 2.05) is 0 Å². The van der Waals surface area contributed by atoms with Gasteiger partial charge in [0, 0.05) is 0 Å². The van der Waals surface area contributed by atoms with Crippen LogP contribution in [0.3, 0.4) is 0 Å². The number of nitrogens with zero attached hydrogens (tertiary/aromatic N) is 1. The Morgan fingerprint density at radius 2 is 2.15 bits per heavy atom. The van der Waals surface area contributed by atoms with Crippen LogP contribution < -0.4 is 4.72 Å². The van der Waals surface area contributed by atoms with Crippen LogP contribution in [0.25, 0.3) is 0 Å². The molecule has 1 heterocycles. The van der Waals surface area contributed by atoms with E-state index in [1.165, 1.54) is 12.1 Å². The predicted octanol–water partition coefficient (Wildman–Crippen LogP) is 2.54. The normalized spacial score (nSPS) is 11.3. The van der Waals surface area contributed by atoms with Crippen LogP contribution in [-0.4, -0.2) is 24.5 Å². The van der Waals surface area contributed by atoms with Crippen LogP contribution in [0.2, 0.25) is 0 Å². The Bertz CT molecular complexity index is 775. The first-order valence-corrected chi connectivity index (χ1v) is 8.11. The Kier molecular flexibility index (Phi) is 4.06. The quantitative estimate of drug-likeness (QED) is 0.849. The predicted molar refractivity (Wildman–Crippen MR) is 74.0 cm³/mol. The van der Waals surface area contributed by atoms with Gasteiger partial charge < -0.3 is 5.11 Å². The van der Waals surface area contributed by atoms with E-state index in [-0.39, 0.29) is 10.2 Å². The molecule has 0 amide bonds. The van der Waals surface area contributed by atoms with E-state index in [9.17, 15) is 17.6 Å². The van der Waals surface area contributed by atoms with Gasteiger partial charge in [-0.25, -0.2) is 22.6 Å². The number of rotatable bonds is 4. The zero-order valence-corrected chi connectivity index (χ0v) is 12.7. The average molecular weight is 381 g/mol. The van der Waals surface area contributed by atoms with Gasteiger partial charge in [-0.3, -0.25) is 4.72 Å². The molecule has 0 aliphatic rings. The lowest BCUT2D eigenvalue weighted by Gasteiger charge is -2.07. The molecular weight excluding hydrogens is 375 g/mol. The van der Waals surface area contributed by atoms with Crippen molar-refractivity contribution in [3.8, 4) is 0 Å². The maximum Gasteiger partial charge on any atom is 0.356 e. The zero-order chi connectivity index (χ0) is 14.9. The number of carboxylic acid groups (broad SMARTS) is 1. The van der Waals surface area contributed by atoms with Gasteiger partial charge in [0.05, 0.1) is 15.7 Å². The molecule has 2 rings (SSSR count). The van der Waals surface area contributed by atoms with Crippen molar-refractivity contribution < 1.29 is 22.7 Å². The minimum absolute atomic E-state index is 0.0181. The van der Waals surface area contributed by atoms with E-state index in [4.69, 9.17) is 5.11 Å². The summed E-state index contributed by atoms with van der Waals surface area (Å²) in [6.45, 7) is 0. The number of hydrogen-bond acceptors (Lipinski definition) is 5. The molecule has 2 N–H and O–H groups in total. The molecule has 10 heteroatoms. The van der Waals surface area contributed by atoms with E-state index < -0.39 is 31.7 Å². The Morgan fingerprint density at radius 3 is 2.75 bits per heavy atom. The molecule has 20 heavy (non-hydrogen) atoms. The lowest BCUT2D eigenvalue weighted by atomic mass is 10.3. The number of halogens is 2. The highest BCUT2D eigenvalue weighted by Crippen LogP contribution is 2.25. The first kappa shape index (κ1) is 14.9. The number of hydrogen-bond donors (Lipinski definition) is 2. The van der Waals surface area contributed by atoms with E-state index in [0.717, 1.165) is 11.6 Å². The van der Waals surface area contributed by atoms with Crippen LogP contribution >= 0.6 is 27.3 Å². The number of aromatic nitrogens is 1. The van der Waals surface area contributed by atoms with Crippen molar-refractivity contribution in [2.45, 2.75) is 4.21 Å². The number of nitrogens with one attached hydrogen (secondary N) is 1. The summed E-state index contributed by atoms with van der Waals surface area (Å²) < 4.78 is 39.3. The topological polar surface area (TPSA) is 96.4 Å². The van der Waals surface area contributed by atoms with Crippen molar-refractivity contribution in [1.29, 1.82) is 0 Å². The van der Waals surface area contributed by atoms with Gasteiger partial charge in [-0.15, -0.1) is 11.3 Å². The second-order valence-electron chi connectivity index (χ2n) is 3.53. The molecule has 0 fully saturated rings. The monoisotopic (exact) mass is 380 g/mol. The fourth-order valence-electron chi connectivity index (χ4n) is 1.33. The SMILES string of the molecule is O=C(O)c1ncsc1S(=O)(=O)Nc1ccc(Br)c(F)c1. The van der Waals surface area contributed by atoms with Gasteiger partial charge in [0.15, 0.2) is 9.90 Å². The molecule has 0 saturated heterocycles. The minimum atomic E-state index is -4.13. The van der Waals surface area contributed by atoms with Crippen molar-refractivity contribution in [1.82, 2.24) is 4.98 Å². The minimum Gasteiger partial charge on any atom is -0.476 e. The van der Waals surface area contributed by atoms with Crippen molar-refractivity contribution in [2.75, 3.05) is 4.72 Å². The number of sulfonamides is 1. The van der Waals surface area contributed by atoms with Gasteiger partial charge >= 0.3 is 5.97 Å². The summed E-state index contributed by atoms with van der Waals surface area (Å²) in [7, 11) is -4.13. The Hall–Kier alpha value is -1.52. The lowest BCUT2D eigenvalue weighted by molar-refractivity contribution is 0.0687. The summed E-state index contributed by atoms with van der Waals surface area (Å²) in [4.78, 5) is 14.3. The molecule has 0 aliphatic carbocycles. The molecular formula is C10H6BrFN2O4S2. The third kappa shape index (κ3) is 2.97. The number of thiazole rings is 1. The van der Waals surface area contributed by atoms with Gasteiger partial charge in [-0.1, -0.05) is 0 Å². The largest absolute Gasteiger partial charge is 0.476 e. The van der Waals surface area contributed by atoms with Crippen molar-refractivity contribution in [3.05, 3.63) is 39.7 Å². The molecule has 0 spiro atoms. The van der Waals surface area contributed by atoms with Gasteiger partial charge in [-0.05, 0) is 34.1 Å². The van der Waals surface area contributed by atoms with Crippen LogP contribution in [0, 0.1) is 5.82 Å². The summed E-state index contributed by atoms with van der Waals surface area (Å²) in [5, 5.41) is 8.85. The fourth-order valence-corrected chi connectivity index (χ4v) is 3.77. The average Bonchev–Trinajstić information content (AvgIpc) is 2.83. The first-order valence-electron chi connectivity index (χ1n) is 4.96. The standard InChI is InChI=1S/C10H6BrFN2O4S2/c11-6-2-1-5(3-7(6)12)14-20(17,18)10-8(9(15)16)13-4-19-10/h1-4,14H,(H,15,16). The number of carboxylic acids is 1. The zero-order valence-electron chi connectivity index (χ0n) is 9.50. The molecule has 0 atom stereocenters. The van der Waals surface area contributed by atoms with Gasteiger partial charge in [-0.2, -0.15) is 0 Å². The van der Waals surface area contributed by atoms with Crippen LogP contribution in [0.1, 0.15) is 10.5 Å². The summed E-state index contributed by atoms with van der Waals surface area (Å²) >= 11 is 3.61. The molecule has 6 nitrogen and oxygen atoms in total. The number of anilines is 1. The Balaban J connectivity index is 2.38. The number of aromatic carboxylic acids is 1. The van der Waals surface area contributed by atoms with Crippen LogP contribution in [0.5, 0.6) is 0 Å². The molecule has 106 valence electrons. The maximum absolute atomic E-state index is 13.3. The van der Waals surface area contributed by atoms with Crippen molar-refractivity contribution in [3.63, 3.8) is 0 Å². The lowest BCUT2D eigenvalue weighted by Crippen LogP contribution is -2.15. The van der Waals surface area contributed by atoms with Gasteiger partial charge in [0.25, 0.3) is 10.0 Å². The third-order valence-corrected chi connectivity index (χ3v) is 5.55. The third-order valence-electron chi connectivity index (χ3n) is 2.15. The fraction of sp³-hybridized carbons (Fsp3) is 0. The van der Waals surface area contributed by atoms with Gasteiger partial charge in [0.2, 0.25) is 0 Å². The Labute approximate surface area is 125 Å². The van der Waals surface area contributed by atoms with Crippen molar-refractivity contribution >= 4 is 48.9 Å².